The second kappa shape index (κ2) is 4.94. The highest BCUT2D eigenvalue weighted by Crippen LogP contribution is 2.33. The van der Waals surface area contributed by atoms with Crippen LogP contribution in [0.15, 0.2) is 23.0 Å². The Bertz CT molecular complexity index is 753. The summed E-state index contributed by atoms with van der Waals surface area (Å²) in [5, 5.41) is 9.68. The van der Waals surface area contributed by atoms with E-state index in [-0.39, 0.29) is 16.0 Å². The number of aromatic nitrogens is 2. The Kier molecular flexibility index (Phi) is 3.53. The van der Waals surface area contributed by atoms with Crippen LogP contribution in [0.25, 0.3) is 11.3 Å². The van der Waals surface area contributed by atoms with Gasteiger partial charge in [0.05, 0.1) is 15.7 Å². The van der Waals surface area contributed by atoms with Crippen molar-refractivity contribution in [3.05, 3.63) is 48.9 Å². The van der Waals surface area contributed by atoms with Crippen molar-refractivity contribution >= 4 is 35.4 Å². The summed E-state index contributed by atoms with van der Waals surface area (Å²) in [6, 6.07) is 6.70. The lowest BCUT2D eigenvalue weighted by Crippen LogP contribution is -2.13. The first-order valence-corrected chi connectivity index (χ1v) is 5.92. The van der Waals surface area contributed by atoms with Crippen LogP contribution in [0.1, 0.15) is 5.56 Å². The number of rotatable bonds is 1. The summed E-state index contributed by atoms with van der Waals surface area (Å²) >= 11 is 16.9. The van der Waals surface area contributed by atoms with E-state index in [2.05, 4.69) is 9.97 Å². The van der Waals surface area contributed by atoms with Gasteiger partial charge in [-0.1, -0.05) is 29.3 Å². The van der Waals surface area contributed by atoms with E-state index in [9.17, 15) is 4.79 Å². The number of halogens is 2. The minimum absolute atomic E-state index is 0.102. The monoisotopic (exact) mass is 297 g/mol. The van der Waals surface area contributed by atoms with Gasteiger partial charge in [-0.3, -0.25) is 9.78 Å². The fourth-order valence-electron chi connectivity index (χ4n) is 1.52. The Morgan fingerprint density at radius 1 is 1.22 bits per heavy atom. The van der Waals surface area contributed by atoms with Crippen molar-refractivity contribution in [1.82, 2.24) is 9.97 Å². The molecule has 1 heterocycles. The summed E-state index contributed by atoms with van der Waals surface area (Å²) in [4.78, 5) is 16.7. The molecule has 0 bridgehead atoms. The Balaban J connectivity index is 2.93. The van der Waals surface area contributed by atoms with E-state index in [1.807, 2.05) is 0 Å². The fraction of sp³-hybridized carbons (Fsp3) is 0. The maximum Gasteiger partial charge on any atom is 0.270 e. The van der Waals surface area contributed by atoms with Crippen LogP contribution in [0.4, 0.5) is 0 Å². The molecule has 0 unspecified atom stereocenters. The molecule has 0 spiro atoms. The predicted molar refractivity (Wildman–Crippen MR) is 72.4 cm³/mol. The van der Waals surface area contributed by atoms with Crippen molar-refractivity contribution < 1.29 is 0 Å². The van der Waals surface area contributed by atoms with Crippen LogP contribution in [-0.2, 0) is 0 Å². The van der Waals surface area contributed by atoms with Crippen molar-refractivity contribution in [3.63, 3.8) is 0 Å². The van der Waals surface area contributed by atoms with Crippen molar-refractivity contribution in [2.45, 2.75) is 0 Å². The van der Waals surface area contributed by atoms with E-state index in [0.717, 1.165) is 0 Å². The summed E-state index contributed by atoms with van der Waals surface area (Å²) < 4.78 is 0.102. The zero-order valence-electron chi connectivity index (χ0n) is 8.75. The normalized spacial score (nSPS) is 10.1. The molecule has 0 fully saturated rings. The quantitative estimate of drug-likeness (QED) is 0.794. The minimum atomic E-state index is -0.577. The lowest BCUT2D eigenvalue weighted by molar-refractivity contribution is 1.08. The highest BCUT2D eigenvalue weighted by molar-refractivity contribution is 7.71. The SMILES string of the molecule is N#Cc1c(-c2c(Cl)cccc2Cl)[nH]c(=S)[nH]c1=O. The number of benzene rings is 1. The lowest BCUT2D eigenvalue weighted by Gasteiger charge is -2.08. The molecule has 2 N–H and O–H groups in total. The van der Waals surface area contributed by atoms with Crippen LogP contribution >= 0.6 is 35.4 Å². The van der Waals surface area contributed by atoms with Crippen molar-refractivity contribution in [3.8, 4) is 17.3 Å². The third kappa shape index (κ3) is 2.18. The Morgan fingerprint density at radius 3 is 2.39 bits per heavy atom. The van der Waals surface area contributed by atoms with Crippen molar-refractivity contribution in [2.75, 3.05) is 0 Å². The number of hydrogen-bond donors (Lipinski definition) is 2. The smallest absolute Gasteiger partial charge is 0.270 e. The third-order valence-corrected chi connectivity index (χ3v) is 3.10. The minimum Gasteiger partial charge on any atom is -0.331 e. The van der Waals surface area contributed by atoms with Crippen LogP contribution in [0.5, 0.6) is 0 Å². The molecule has 0 amide bonds. The molecular weight excluding hydrogens is 293 g/mol. The summed E-state index contributed by atoms with van der Waals surface area (Å²) in [6.07, 6.45) is 0. The van der Waals surface area contributed by atoms with E-state index < -0.39 is 5.56 Å². The van der Waals surface area contributed by atoms with Gasteiger partial charge in [-0.05, 0) is 24.4 Å². The topological polar surface area (TPSA) is 72.4 Å². The molecule has 7 heteroatoms. The molecule has 18 heavy (non-hydrogen) atoms. The second-order valence-corrected chi connectivity index (χ2v) is 4.59. The van der Waals surface area contributed by atoms with Gasteiger partial charge in [-0.25, -0.2) is 0 Å². The maximum absolute atomic E-state index is 11.6. The molecule has 0 radical (unpaired) electrons. The zero-order valence-corrected chi connectivity index (χ0v) is 11.1. The first-order valence-electron chi connectivity index (χ1n) is 4.75. The molecule has 0 atom stereocenters. The highest BCUT2D eigenvalue weighted by atomic mass is 35.5. The lowest BCUT2D eigenvalue weighted by atomic mass is 10.1. The number of aromatic amines is 2. The van der Waals surface area contributed by atoms with E-state index in [0.29, 0.717) is 15.6 Å². The van der Waals surface area contributed by atoms with E-state index in [1.54, 1.807) is 24.3 Å². The molecule has 0 aliphatic heterocycles. The second-order valence-electron chi connectivity index (χ2n) is 3.37. The largest absolute Gasteiger partial charge is 0.331 e. The molecule has 1 aromatic heterocycles. The fourth-order valence-corrected chi connectivity index (χ4v) is 2.30. The zero-order chi connectivity index (χ0) is 13.3. The number of nitrogens with one attached hydrogen (secondary N) is 2. The molecule has 90 valence electrons. The van der Waals surface area contributed by atoms with Gasteiger partial charge in [0.25, 0.3) is 5.56 Å². The molecule has 2 rings (SSSR count). The first-order chi connectivity index (χ1) is 8.54. The van der Waals surface area contributed by atoms with Gasteiger partial charge in [-0.15, -0.1) is 0 Å². The van der Waals surface area contributed by atoms with Gasteiger partial charge < -0.3 is 4.98 Å². The molecule has 2 aromatic rings. The Labute approximate surface area is 117 Å². The van der Waals surface area contributed by atoms with Crippen molar-refractivity contribution in [1.29, 1.82) is 5.26 Å². The Hall–Kier alpha value is -1.61. The van der Waals surface area contributed by atoms with E-state index in [1.165, 1.54) is 0 Å². The van der Waals surface area contributed by atoms with Gasteiger partial charge in [0.1, 0.15) is 11.6 Å². The molecular formula is C11H5Cl2N3OS. The van der Waals surface area contributed by atoms with Crippen LogP contribution < -0.4 is 5.56 Å². The van der Waals surface area contributed by atoms with Gasteiger partial charge in [-0.2, -0.15) is 5.26 Å². The van der Waals surface area contributed by atoms with Gasteiger partial charge in [0.15, 0.2) is 4.77 Å². The summed E-state index contributed by atoms with van der Waals surface area (Å²) in [5.41, 5.74) is -0.0812. The summed E-state index contributed by atoms with van der Waals surface area (Å²) in [6.45, 7) is 0. The van der Waals surface area contributed by atoms with Crippen LogP contribution in [-0.4, -0.2) is 9.97 Å². The Morgan fingerprint density at radius 2 is 1.83 bits per heavy atom. The molecule has 0 saturated heterocycles. The van der Waals surface area contributed by atoms with E-state index in [4.69, 9.17) is 40.7 Å². The standard InChI is InChI=1S/C11H5Cl2N3OS/c12-6-2-1-3-7(13)8(6)9-5(4-14)10(17)16-11(18)15-9/h1-3H,(H2,15,16,17,18). The number of H-pyrrole nitrogens is 2. The van der Waals surface area contributed by atoms with Crippen LogP contribution in [0, 0.1) is 16.1 Å². The first kappa shape index (κ1) is 12.8. The van der Waals surface area contributed by atoms with Crippen LogP contribution in [0.2, 0.25) is 10.0 Å². The average molecular weight is 298 g/mol. The molecule has 0 saturated carbocycles. The molecule has 4 nitrogen and oxygen atoms in total. The van der Waals surface area contributed by atoms with Crippen LogP contribution in [0.3, 0.4) is 0 Å². The number of hydrogen-bond acceptors (Lipinski definition) is 3. The predicted octanol–water partition coefficient (Wildman–Crippen LogP) is 3.28. The third-order valence-electron chi connectivity index (χ3n) is 2.27. The maximum atomic E-state index is 11.6. The summed E-state index contributed by atoms with van der Waals surface area (Å²) in [7, 11) is 0. The highest BCUT2D eigenvalue weighted by Gasteiger charge is 2.15. The average Bonchev–Trinajstić information content (AvgIpc) is 2.28. The molecule has 0 aliphatic carbocycles. The van der Waals surface area contributed by atoms with E-state index >= 15 is 0 Å². The molecule has 1 aromatic carbocycles. The van der Waals surface area contributed by atoms with Gasteiger partial charge in [0, 0.05) is 5.56 Å². The number of nitriles is 1. The number of nitrogens with zero attached hydrogens (tertiary/aromatic N) is 1. The molecule has 0 aliphatic rings. The van der Waals surface area contributed by atoms with Gasteiger partial charge >= 0.3 is 0 Å². The van der Waals surface area contributed by atoms with Gasteiger partial charge in [0.2, 0.25) is 0 Å². The van der Waals surface area contributed by atoms with Crippen molar-refractivity contribution in [2.24, 2.45) is 0 Å². The summed E-state index contributed by atoms with van der Waals surface area (Å²) in [5.74, 6) is 0.